The topological polar surface area (TPSA) is 78.9 Å². The summed E-state index contributed by atoms with van der Waals surface area (Å²) in [5.41, 5.74) is 0. The van der Waals surface area contributed by atoms with Gasteiger partial charge in [0.05, 0.1) is 0 Å². The summed E-state index contributed by atoms with van der Waals surface area (Å²) in [4.78, 5) is 38.3. The standard InChI is InChI=1S/C67H126O6/c1-4-7-10-13-16-19-22-25-28-30-32-33-35-37-40-42-45-48-51-54-57-60-66(69)72-63-64(73-67(70)61-58-55-52-49-46-43-38-27-24-21-18-15-12-9-6-3)62-71-65(68)59-56-53-50-47-44-41-39-36-34-31-29-26-23-20-17-14-11-8-5-2/h18,21,27,38,64H,4-17,19-20,22-26,28-37,39-63H2,1-3H3/b21-18-,38-27-. The maximum Gasteiger partial charge on any atom is 0.306 e. The monoisotopic (exact) mass is 1030 g/mol. The molecule has 6 heteroatoms. The number of rotatable bonds is 61. The smallest absolute Gasteiger partial charge is 0.306 e. The van der Waals surface area contributed by atoms with E-state index in [2.05, 4.69) is 45.1 Å². The second kappa shape index (κ2) is 62.4. The van der Waals surface area contributed by atoms with Gasteiger partial charge >= 0.3 is 17.9 Å². The van der Waals surface area contributed by atoms with E-state index in [1.807, 2.05) is 0 Å². The Hall–Kier alpha value is -2.11. The van der Waals surface area contributed by atoms with Gasteiger partial charge < -0.3 is 14.2 Å². The van der Waals surface area contributed by atoms with Gasteiger partial charge in [-0.3, -0.25) is 14.4 Å². The minimum Gasteiger partial charge on any atom is -0.462 e. The molecule has 0 rings (SSSR count). The first-order chi connectivity index (χ1) is 36.0. The molecule has 0 aliphatic heterocycles. The van der Waals surface area contributed by atoms with Crippen LogP contribution in [0.4, 0.5) is 0 Å². The molecule has 0 amide bonds. The first-order valence-electron chi connectivity index (χ1n) is 32.8. The molecular weight excluding hydrogens is 901 g/mol. The molecule has 0 aliphatic rings. The molecule has 0 spiro atoms. The first kappa shape index (κ1) is 70.9. The number of carbonyl (C=O) groups excluding carboxylic acids is 3. The van der Waals surface area contributed by atoms with Crippen molar-refractivity contribution in [2.45, 2.75) is 374 Å². The highest BCUT2D eigenvalue weighted by Crippen LogP contribution is 2.18. The molecule has 0 aromatic rings. The zero-order valence-corrected chi connectivity index (χ0v) is 49.4. The third-order valence-corrected chi connectivity index (χ3v) is 15.0. The molecule has 0 bridgehead atoms. The maximum atomic E-state index is 12.9. The molecule has 73 heavy (non-hydrogen) atoms. The fourth-order valence-corrected chi connectivity index (χ4v) is 10.0. The number of hydrogen-bond donors (Lipinski definition) is 0. The fourth-order valence-electron chi connectivity index (χ4n) is 10.0. The number of hydrogen-bond acceptors (Lipinski definition) is 6. The van der Waals surface area contributed by atoms with E-state index in [4.69, 9.17) is 14.2 Å². The Morgan fingerprint density at radius 3 is 0.781 bits per heavy atom. The average molecular weight is 1030 g/mol. The second-order valence-electron chi connectivity index (χ2n) is 22.4. The van der Waals surface area contributed by atoms with E-state index in [9.17, 15) is 14.4 Å². The van der Waals surface area contributed by atoms with E-state index in [1.54, 1.807) is 0 Å². The minimum absolute atomic E-state index is 0.0709. The predicted octanol–water partition coefficient (Wildman–Crippen LogP) is 22.2. The molecule has 0 N–H and O–H groups in total. The molecule has 1 atom stereocenters. The molecule has 430 valence electrons. The molecule has 0 fully saturated rings. The van der Waals surface area contributed by atoms with Gasteiger partial charge in [0.15, 0.2) is 6.10 Å². The Kier molecular flexibility index (Phi) is 60.6. The van der Waals surface area contributed by atoms with Gasteiger partial charge in [0, 0.05) is 19.3 Å². The lowest BCUT2D eigenvalue weighted by atomic mass is 10.0. The van der Waals surface area contributed by atoms with Crippen molar-refractivity contribution in [3.8, 4) is 0 Å². The Morgan fingerprint density at radius 2 is 0.493 bits per heavy atom. The van der Waals surface area contributed by atoms with Gasteiger partial charge in [-0.25, -0.2) is 0 Å². The van der Waals surface area contributed by atoms with Crippen LogP contribution in [0.5, 0.6) is 0 Å². The normalized spacial score (nSPS) is 12.1. The zero-order chi connectivity index (χ0) is 52.9. The van der Waals surface area contributed by atoms with E-state index >= 15 is 0 Å². The van der Waals surface area contributed by atoms with E-state index in [0.717, 1.165) is 77.0 Å². The third kappa shape index (κ3) is 60.6. The summed E-state index contributed by atoms with van der Waals surface area (Å²) in [5.74, 6) is -0.855. The van der Waals surface area contributed by atoms with Crippen LogP contribution in [0.2, 0.25) is 0 Å². The minimum atomic E-state index is -0.775. The predicted molar refractivity (Wildman–Crippen MR) is 316 cm³/mol. The van der Waals surface area contributed by atoms with Gasteiger partial charge in [0.1, 0.15) is 13.2 Å². The van der Waals surface area contributed by atoms with Gasteiger partial charge in [0.25, 0.3) is 0 Å². The van der Waals surface area contributed by atoms with E-state index in [0.29, 0.717) is 19.3 Å². The number of ether oxygens (including phenoxy) is 3. The van der Waals surface area contributed by atoms with Crippen LogP contribution in [0.3, 0.4) is 0 Å². The van der Waals surface area contributed by atoms with Gasteiger partial charge in [-0.05, 0) is 51.4 Å². The van der Waals surface area contributed by atoms with E-state index < -0.39 is 6.10 Å². The van der Waals surface area contributed by atoms with E-state index in [1.165, 1.54) is 250 Å². The maximum absolute atomic E-state index is 12.9. The van der Waals surface area contributed by atoms with Crippen LogP contribution in [0, 0.1) is 0 Å². The quantitative estimate of drug-likeness (QED) is 0.0261. The van der Waals surface area contributed by atoms with Crippen molar-refractivity contribution in [3.63, 3.8) is 0 Å². The van der Waals surface area contributed by atoms with Crippen molar-refractivity contribution in [2.75, 3.05) is 13.2 Å². The van der Waals surface area contributed by atoms with Crippen molar-refractivity contribution in [3.05, 3.63) is 24.3 Å². The summed E-state index contributed by atoms with van der Waals surface area (Å²) in [6, 6.07) is 0. The molecule has 0 heterocycles. The van der Waals surface area contributed by atoms with Crippen molar-refractivity contribution in [2.24, 2.45) is 0 Å². The fraction of sp³-hybridized carbons (Fsp3) is 0.896. The van der Waals surface area contributed by atoms with Crippen LogP contribution in [0.25, 0.3) is 0 Å². The van der Waals surface area contributed by atoms with Crippen LogP contribution in [-0.4, -0.2) is 37.2 Å². The molecular formula is C67H126O6. The highest BCUT2D eigenvalue weighted by Gasteiger charge is 2.19. The molecule has 0 radical (unpaired) electrons. The van der Waals surface area contributed by atoms with Gasteiger partial charge in [-0.15, -0.1) is 0 Å². The van der Waals surface area contributed by atoms with Crippen LogP contribution in [0.15, 0.2) is 24.3 Å². The summed E-state index contributed by atoms with van der Waals surface area (Å²) >= 11 is 0. The lowest BCUT2D eigenvalue weighted by Crippen LogP contribution is -2.30. The molecule has 0 saturated carbocycles. The first-order valence-corrected chi connectivity index (χ1v) is 32.8. The van der Waals surface area contributed by atoms with Crippen LogP contribution in [0.1, 0.15) is 367 Å². The lowest BCUT2D eigenvalue weighted by Gasteiger charge is -2.18. The van der Waals surface area contributed by atoms with Crippen molar-refractivity contribution in [1.29, 1.82) is 0 Å². The van der Waals surface area contributed by atoms with Crippen LogP contribution in [-0.2, 0) is 28.6 Å². The summed E-state index contributed by atoms with van der Waals surface area (Å²) in [5, 5.41) is 0. The van der Waals surface area contributed by atoms with Gasteiger partial charge in [-0.1, -0.05) is 321 Å². The summed E-state index contributed by atoms with van der Waals surface area (Å²) in [6.07, 6.45) is 74.7. The number of unbranched alkanes of at least 4 members (excludes halogenated alkanes) is 46. The summed E-state index contributed by atoms with van der Waals surface area (Å²) in [7, 11) is 0. The number of allylic oxidation sites excluding steroid dienone is 4. The largest absolute Gasteiger partial charge is 0.462 e. The van der Waals surface area contributed by atoms with Gasteiger partial charge in [-0.2, -0.15) is 0 Å². The highest BCUT2D eigenvalue weighted by molar-refractivity contribution is 5.71. The third-order valence-electron chi connectivity index (χ3n) is 15.0. The Labute approximate surface area is 455 Å². The van der Waals surface area contributed by atoms with Crippen LogP contribution < -0.4 is 0 Å². The Bertz CT molecular complexity index is 1180. The highest BCUT2D eigenvalue weighted by atomic mass is 16.6. The number of esters is 3. The molecule has 0 aliphatic carbocycles. The zero-order valence-electron chi connectivity index (χ0n) is 49.4. The Morgan fingerprint density at radius 1 is 0.274 bits per heavy atom. The van der Waals surface area contributed by atoms with Crippen molar-refractivity contribution >= 4 is 17.9 Å². The molecule has 6 nitrogen and oxygen atoms in total. The van der Waals surface area contributed by atoms with Crippen LogP contribution >= 0.6 is 0 Å². The van der Waals surface area contributed by atoms with Crippen molar-refractivity contribution in [1.82, 2.24) is 0 Å². The average Bonchev–Trinajstić information content (AvgIpc) is 3.39. The SMILES string of the molecule is CCCCC/C=C\C/C=C\CCCCCCCC(=O)OC(COC(=O)CCCCCCCCCCCCCCCCCCCCC)COC(=O)CCCCCCCCCCCCCCCCCCCCCCC. The van der Waals surface area contributed by atoms with Crippen molar-refractivity contribution < 1.29 is 28.6 Å². The summed E-state index contributed by atoms with van der Waals surface area (Å²) < 4.78 is 17.0. The molecule has 0 aromatic carbocycles. The molecule has 1 unspecified atom stereocenters. The van der Waals surface area contributed by atoms with E-state index in [-0.39, 0.29) is 31.1 Å². The Balaban J connectivity index is 4.28. The molecule has 0 saturated heterocycles. The summed E-state index contributed by atoms with van der Waals surface area (Å²) in [6.45, 7) is 6.68. The van der Waals surface area contributed by atoms with Gasteiger partial charge in [0.2, 0.25) is 0 Å². The second-order valence-corrected chi connectivity index (χ2v) is 22.4. The molecule has 0 aromatic heterocycles. The number of carbonyl (C=O) groups is 3. The lowest BCUT2D eigenvalue weighted by molar-refractivity contribution is -0.167.